The average molecular weight is 349 g/mol. The van der Waals surface area contributed by atoms with E-state index in [0.717, 1.165) is 44.8 Å². The molecule has 5 nitrogen and oxygen atoms in total. The first kappa shape index (κ1) is 16.1. The maximum atomic E-state index is 12.8. The van der Waals surface area contributed by atoms with Crippen molar-refractivity contribution in [2.75, 3.05) is 31.2 Å². The fourth-order valence-corrected chi connectivity index (χ4v) is 6.79. The highest BCUT2D eigenvalue weighted by Crippen LogP contribution is 2.42. The molecule has 0 aromatic heterocycles. The Morgan fingerprint density at radius 3 is 2.17 bits per heavy atom. The smallest absolute Gasteiger partial charge is 0.166 e. The molecule has 3 fully saturated rings. The van der Waals surface area contributed by atoms with Crippen LogP contribution in [0.15, 0.2) is 24.3 Å². The fraction of sp³-hybridized carbons (Fsp3) is 0.611. The van der Waals surface area contributed by atoms with Gasteiger partial charge >= 0.3 is 0 Å². The lowest BCUT2D eigenvalue weighted by Crippen LogP contribution is -2.36. The van der Waals surface area contributed by atoms with Crippen LogP contribution in [0.3, 0.4) is 0 Å². The molecule has 2 atom stereocenters. The Balaban J connectivity index is 1.47. The van der Waals surface area contributed by atoms with Crippen molar-refractivity contribution in [3.8, 4) is 0 Å². The van der Waals surface area contributed by atoms with E-state index >= 15 is 0 Å². The second-order valence-electron chi connectivity index (χ2n) is 7.09. The molecule has 4 rings (SSSR count). The molecular formula is C18H23NO4S. The summed E-state index contributed by atoms with van der Waals surface area (Å²) in [4.78, 5) is 15.0. The molecule has 3 aliphatic rings. The summed E-state index contributed by atoms with van der Waals surface area (Å²) in [5.41, 5.74) is 1.82. The van der Waals surface area contributed by atoms with E-state index in [1.54, 1.807) is 0 Å². The van der Waals surface area contributed by atoms with E-state index in [2.05, 4.69) is 4.90 Å². The minimum absolute atomic E-state index is 0.107. The summed E-state index contributed by atoms with van der Waals surface area (Å²) in [5.74, 6) is -0.0319. The van der Waals surface area contributed by atoms with Crippen molar-refractivity contribution in [3.63, 3.8) is 0 Å². The van der Waals surface area contributed by atoms with Crippen LogP contribution in [0.2, 0.25) is 0 Å². The molecule has 3 aliphatic heterocycles. The minimum Gasteiger partial charge on any atom is -0.378 e. The lowest BCUT2D eigenvalue weighted by Gasteiger charge is -2.29. The molecule has 0 aliphatic carbocycles. The summed E-state index contributed by atoms with van der Waals surface area (Å²) in [6.45, 7) is 3.22. The fourth-order valence-electron chi connectivity index (χ4n) is 4.32. The molecule has 0 amide bonds. The van der Waals surface area contributed by atoms with Gasteiger partial charge in [-0.05, 0) is 49.9 Å². The zero-order valence-corrected chi connectivity index (χ0v) is 14.5. The minimum atomic E-state index is -2.97. The number of benzene rings is 1. The van der Waals surface area contributed by atoms with E-state index in [-0.39, 0.29) is 22.2 Å². The van der Waals surface area contributed by atoms with Crippen LogP contribution in [0.5, 0.6) is 0 Å². The van der Waals surface area contributed by atoms with Crippen molar-refractivity contribution in [2.24, 2.45) is 5.92 Å². The zero-order chi connectivity index (χ0) is 16.7. The predicted molar refractivity (Wildman–Crippen MR) is 92.3 cm³/mol. The molecule has 1 aromatic rings. The van der Waals surface area contributed by atoms with Crippen molar-refractivity contribution in [1.82, 2.24) is 0 Å². The Hall–Kier alpha value is -1.40. The summed E-state index contributed by atoms with van der Waals surface area (Å²) in [6, 6.07) is 7.76. The highest BCUT2D eigenvalue weighted by Gasteiger charge is 2.48. The topological polar surface area (TPSA) is 63.7 Å². The second kappa shape index (κ2) is 6.15. The van der Waals surface area contributed by atoms with Gasteiger partial charge in [-0.15, -0.1) is 0 Å². The molecule has 6 heteroatoms. The highest BCUT2D eigenvalue weighted by molar-refractivity contribution is 7.93. The van der Waals surface area contributed by atoms with Gasteiger partial charge in [0, 0.05) is 30.3 Å². The number of sulfone groups is 1. The average Bonchev–Trinajstić information content (AvgIpc) is 2.80. The monoisotopic (exact) mass is 349 g/mol. The Morgan fingerprint density at radius 2 is 1.58 bits per heavy atom. The first-order chi connectivity index (χ1) is 11.6. The first-order valence-corrected chi connectivity index (χ1v) is 10.4. The molecule has 0 saturated carbocycles. The van der Waals surface area contributed by atoms with Crippen LogP contribution in [0.25, 0.3) is 0 Å². The van der Waals surface area contributed by atoms with E-state index in [1.807, 2.05) is 24.3 Å². The standard InChI is InChI=1S/C18H23NO4S/c20-18(14-11-16-5-6-17(12-14)24(16,21)22)13-1-3-15(4-2-13)19-7-9-23-10-8-19/h1-4,14,16-17H,5-12H2. The van der Waals surface area contributed by atoms with Crippen LogP contribution >= 0.6 is 0 Å². The van der Waals surface area contributed by atoms with Gasteiger partial charge in [0.05, 0.1) is 23.7 Å². The van der Waals surface area contributed by atoms with Crippen LogP contribution in [-0.2, 0) is 14.6 Å². The van der Waals surface area contributed by atoms with E-state index in [1.165, 1.54) is 0 Å². The number of nitrogens with zero attached hydrogens (tertiary/aromatic N) is 1. The number of hydrogen-bond donors (Lipinski definition) is 0. The van der Waals surface area contributed by atoms with Crippen LogP contribution < -0.4 is 4.90 Å². The van der Waals surface area contributed by atoms with Gasteiger partial charge in [0.25, 0.3) is 0 Å². The summed E-state index contributed by atoms with van der Waals surface area (Å²) < 4.78 is 29.7. The highest BCUT2D eigenvalue weighted by atomic mass is 32.2. The molecule has 3 saturated heterocycles. The van der Waals surface area contributed by atoms with Gasteiger partial charge in [0.2, 0.25) is 0 Å². The number of rotatable bonds is 3. The van der Waals surface area contributed by atoms with Crippen molar-refractivity contribution in [2.45, 2.75) is 36.2 Å². The summed E-state index contributed by atoms with van der Waals surface area (Å²) >= 11 is 0. The number of ether oxygens (including phenoxy) is 1. The molecule has 3 heterocycles. The van der Waals surface area contributed by atoms with E-state index in [0.29, 0.717) is 18.4 Å². The molecule has 2 bridgehead atoms. The van der Waals surface area contributed by atoms with Crippen molar-refractivity contribution in [1.29, 1.82) is 0 Å². The number of morpholine rings is 1. The van der Waals surface area contributed by atoms with Gasteiger partial charge in [-0.1, -0.05) is 0 Å². The van der Waals surface area contributed by atoms with Gasteiger partial charge in [0.1, 0.15) is 0 Å². The lowest BCUT2D eigenvalue weighted by molar-refractivity contribution is 0.0905. The number of carbonyl (C=O) groups is 1. The third-order valence-corrected chi connectivity index (χ3v) is 8.45. The summed E-state index contributed by atoms with van der Waals surface area (Å²) in [6.07, 6.45) is 2.46. The number of fused-ring (bicyclic) bond motifs is 2. The molecule has 0 N–H and O–H groups in total. The van der Waals surface area contributed by atoms with E-state index in [9.17, 15) is 13.2 Å². The zero-order valence-electron chi connectivity index (χ0n) is 13.7. The molecule has 0 radical (unpaired) electrons. The summed E-state index contributed by atoms with van der Waals surface area (Å²) in [7, 11) is -2.97. The predicted octanol–water partition coefficient (Wildman–Crippen LogP) is 2.06. The quantitative estimate of drug-likeness (QED) is 0.782. The Bertz CT molecular complexity index is 702. The van der Waals surface area contributed by atoms with Crippen molar-refractivity contribution >= 4 is 21.3 Å². The number of carbonyl (C=O) groups excluding carboxylic acids is 1. The van der Waals surface area contributed by atoms with E-state index in [4.69, 9.17) is 4.74 Å². The molecule has 1 aromatic carbocycles. The molecular weight excluding hydrogens is 326 g/mol. The van der Waals surface area contributed by atoms with E-state index < -0.39 is 9.84 Å². The second-order valence-corrected chi connectivity index (χ2v) is 9.60. The SMILES string of the molecule is O=C(c1ccc(N2CCOCC2)cc1)C1CC2CCC(C1)S2(=O)=O. The van der Waals surface area contributed by atoms with Crippen LogP contribution in [0.4, 0.5) is 5.69 Å². The largest absolute Gasteiger partial charge is 0.378 e. The van der Waals surface area contributed by atoms with Crippen molar-refractivity contribution in [3.05, 3.63) is 29.8 Å². The Labute approximate surface area is 142 Å². The molecule has 2 unspecified atom stereocenters. The molecule has 130 valence electrons. The van der Waals surface area contributed by atoms with Gasteiger partial charge < -0.3 is 9.64 Å². The van der Waals surface area contributed by atoms with Crippen LogP contribution in [-0.4, -0.2) is 51.0 Å². The van der Waals surface area contributed by atoms with Gasteiger partial charge in [0.15, 0.2) is 15.6 Å². The third kappa shape index (κ3) is 2.75. The van der Waals surface area contributed by atoms with Gasteiger partial charge in [-0.3, -0.25) is 4.79 Å². The third-order valence-electron chi connectivity index (χ3n) is 5.73. The van der Waals surface area contributed by atoms with Gasteiger partial charge in [-0.25, -0.2) is 8.42 Å². The molecule has 0 spiro atoms. The summed E-state index contributed by atoms with van der Waals surface area (Å²) in [5, 5.41) is -0.587. The number of Topliss-reactive ketones (excluding diaryl/α,β-unsaturated/α-hetero) is 1. The molecule has 24 heavy (non-hydrogen) atoms. The Morgan fingerprint density at radius 1 is 1.00 bits per heavy atom. The van der Waals surface area contributed by atoms with Gasteiger partial charge in [-0.2, -0.15) is 0 Å². The maximum absolute atomic E-state index is 12.8. The maximum Gasteiger partial charge on any atom is 0.166 e. The number of anilines is 1. The van der Waals surface area contributed by atoms with Crippen LogP contribution in [0, 0.1) is 5.92 Å². The van der Waals surface area contributed by atoms with Crippen LogP contribution in [0.1, 0.15) is 36.0 Å². The van der Waals surface area contributed by atoms with Crippen molar-refractivity contribution < 1.29 is 17.9 Å². The normalized spacial score (nSPS) is 31.8. The first-order valence-electron chi connectivity index (χ1n) is 8.75. The Kier molecular flexibility index (Phi) is 4.12. The number of ketones is 1. The lowest BCUT2D eigenvalue weighted by atomic mass is 9.90. The number of hydrogen-bond acceptors (Lipinski definition) is 5.